The van der Waals surface area contributed by atoms with Gasteiger partial charge in [-0.3, -0.25) is 14.6 Å². The second-order valence-electron chi connectivity index (χ2n) is 7.73. The maximum Gasteiger partial charge on any atom is 0.191 e. The van der Waals surface area contributed by atoms with E-state index in [1.165, 1.54) is 5.56 Å². The van der Waals surface area contributed by atoms with Crippen molar-refractivity contribution >= 4 is 5.96 Å². The lowest BCUT2D eigenvalue weighted by atomic mass is 10.1. The second kappa shape index (κ2) is 9.04. The number of nitrogens with zero attached hydrogens (tertiary/aromatic N) is 4. The Bertz CT molecular complexity index is 736. The van der Waals surface area contributed by atoms with Crippen LogP contribution < -0.4 is 10.6 Å². The number of hydrogen-bond donors (Lipinski definition) is 2. The van der Waals surface area contributed by atoms with Crippen LogP contribution in [0.3, 0.4) is 0 Å². The standard InChI is InChI=1S/C21H32N6/c1-16(2)26-12-17(3)20(15-26)25-21(22-4)23-10-19-11-24-27(14-19)13-18-8-6-5-7-9-18/h5-9,11,14,16-17,20H,10,12-13,15H2,1-4H3,(H2,22,23,25). The van der Waals surface area contributed by atoms with Crippen molar-refractivity contribution in [2.24, 2.45) is 10.9 Å². The van der Waals surface area contributed by atoms with Gasteiger partial charge in [-0.2, -0.15) is 5.10 Å². The van der Waals surface area contributed by atoms with E-state index in [4.69, 9.17) is 0 Å². The number of guanidine groups is 1. The van der Waals surface area contributed by atoms with Crippen molar-refractivity contribution < 1.29 is 0 Å². The van der Waals surface area contributed by atoms with E-state index in [0.717, 1.165) is 31.2 Å². The molecular formula is C21H32N6. The molecule has 1 saturated heterocycles. The molecular weight excluding hydrogens is 336 g/mol. The predicted molar refractivity (Wildman–Crippen MR) is 111 cm³/mol. The molecule has 1 aliphatic heterocycles. The lowest BCUT2D eigenvalue weighted by molar-refractivity contribution is 0.265. The summed E-state index contributed by atoms with van der Waals surface area (Å²) in [7, 11) is 1.83. The maximum atomic E-state index is 4.47. The summed E-state index contributed by atoms with van der Waals surface area (Å²) in [5.41, 5.74) is 2.40. The maximum absolute atomic E-state index is 4.47. The van der Waals surface area contributed by atoms with E-state index in [-0.39, 0.29) is 0 Å². The summed E-state index contributed by atoms with van der Waals surface area (Å²) in [5, 5.41) is 11.5. The van der Waals surface area contributed by atoms with Gasteiger partial charge in [-0.25, -0.2) is 0 Å². The third-order valence-electron chi connectivity index (χ3n) is 5.25. The van der Waals surface area contributed by atoms with Gasteiger partial charge in [-0.05, 0) is 25.3 Å². The fourth-order valence-corrected chi connectivity index (χ4v) is 3.52. The minimum Gasteiger partial charge on any atom is -0.352 e. The van der Waals surface area contributed by atoms with Crippen LogP contribution in [0, 0.1) is 5.92 Å². The molecule has 2 heterocycles. The summed E-state index contributed by atoms with van der Waals surface area (Å²) in [6.07, 6.45) is 4.01. The number of benzene rings is 1. The summed E-state index contributed by atoms with van der Waals surface area (Å²) < 4.78 is 1.97. The van der Waals surface area contributed by atoms with Gasteiger partial charge in [-0.1, -0.05) is 37.3 Å². The van der Waals surface area contributed by atoms with Gasteiger partial charge in [0.1, 0.15) is 0 Å². The molecule has 0 amide bonds. The molecule has 2 aromatic rings. The Labute approximate surface area is 162 Å². The minimum atomic E-state index is 0.430. The van der Waals surface area contributed by atoms with Crippen molar-refractivity contribution in [3.8, 4) is 0 Å². The Balaban J connectivity index is 1.50. The number of aromatic nitrogens is 2. The first-order valence-electron chi connectivity index (χ1n) is 9.81. The van der Waals surface area contributed by atoms with Crippen LogP contribution in [0.25, 0.3) is 0 Å². The van der Waals surface area contributed by atoms with Gasteiger partial charge < -0.3 is 10.6 Å². The molecule has 0 spiro atoms. The van der Waals surface area contributed by atoms with Gasteiger partial charge in [0.2, 0.25) is 0 Å². The predicted octanol–water partition coefficient (Wildman–Crippen LogP) is 2.33. The number of hydrogen-bond acceptors (Lipinski definition) is 3. The third-order valence-corrected chi connectivity index (χ3v) is 5.25. The van der Waals surface area contributed by atoms with Crippen LogP contribution in [-0.2, 0) is 13.1 Å². The van der Waals surface area contributed by atoms with Crippen molar-refractivity contribution in [3.05, 3.63) is 53.9 Å². The lowest BCUT2D eigenvalue weighted by Gasteiger charge is -2.21. The van der Waals surface area contributed by atoms with E-state index < -0.39 is 0 Å². The first-order valence-corrected chi connectivity index (χ1v) is 9.81. The Morgan fingerprint density at radius 2 is 2.00 bits per heavy atom. The Kier molecular flexibility index (Phi) is 6.50. The Hall–Kier alpha value is -2.34. The molecule has 1 aliphatic rings. The highest BCUT2D eigenvalue weighted by atomic mass is 15.3. The average molecular weight is 369 g/mol. The fraction of sp³-hybridized carbons (Fsp3) is 0.524. The molecule has 1 aromatic carbocycles. The molecule has 2 atom stereocenters. The Morgan fingerprint density at radius 1 is 1.22 bits per heavy atom. The number of likely N-dealkylation sites (tertiary alicyclic amines) is 1. The number of rotatable bonds is 6. The zero-order chi connectivity index (χ0) is 19.2. The van der Waals surface area contributed by atoms with E-state index in [2.05, 4.69) is 76.9 Å². The third kappa shape index (κ3) is 5.32. The summed E-state index contributed by atoms with van der Waals surface area (Å²) in [4.78, 5) is 6.91. The van der Waals surface area contributed by atoms with Gasteiger partial charge >= 0.3 is 0 Å². The van der Waals surface area contributed by atoms with Gasteiger partial charge in [0.15, 0.2) is 5.96 Å². The molecule has 6 heteroatoms. The highest BCUT2D eigenvalue weighted by Gasteiger charge is 2.31. The van der Waals surface area contributed by atoms with Crippen LogP contribution in [-0.4, -0.2) is 52.9 Å². The van der Waals surface area contributed by atoms with Crippen molar-refractivity contribution in [1.29, 1.82) is 0 Å². The largest absolute Gasteiger partial charge is 0.352 e. The Morgan fingerprint density at radius 3 is 2.67 bits per heavy atom. The molecule has 3 rings (SSSR count). The smallest absolute Gasteiger partial charge is 0.191 e. The zero-order valence-corrected chi connectivity index (χ0v) is 16.9. The first-order chi connectivity index (χ1) is 13.0. The topological polar surface area (TPSA) is 57.5 Å². The van der Waals surface area contributed by atoms with Gasteiger partial charge in [0.25, 0.3) is 0 Å². The first kappa shape index (κ1) is 19.4. The second-order valence-corrected chi connectivity index (χ2v) is 7.73. The molecule has 2 unspecified atom stereocenters. The summed E-state index contributed by atoms with van der Waals surface area (Å²) in [5.74, 6) is 1.47. The van der Waals surface area contributed by atoms with Gasteiger partial charge in [-0.15, -0.1) is 0 Å². The molecule has 27 heavy (non-hydrogen) atoms. The quantitative estimate of drug-likeness (QED) is 0.607. The van der Waals surface area contributed by atoms with E-state index in [1.54, 1.807) is 0 Å². The average Bonchev–Trinajstić information content (AvgIpc) is 3.26. The van der Waals surface area contributed by atoms with Crippen molar-refractivity contribution in [2.45, 2.75) is 45.9 Å². The number of aliphatic imine (C=N–C) groups is 1. The molecule has 2 N–H and O–H groups in total. The van der Waals surface area contributed by atoms with Crippen molar-refractivity contribution in [2.75, 3.05) is 20.1 Å². The van der Waals surface area contributed by atoms with Crippen LogP contribution in [0.4, 0.5) is 0 Å². The van der Waals surface area contributed by atoms with Gasteiger partial charge in [0, 0.05) is 50.5 Å². The van der Waals surface area contributed by atoms with Crippen molar-refractivity contribution in [1.82, 2.24) is 25.3 Å². The molecule has 1 fully saturated rings. The van der Waals surface area contributed by atoms with Crippen LogP contribution in [0.1, 0.15) is 31.9 Å². The normalized spacial score (nSPS) is 21.0. The summed E-state index contributed by atoms with van der Waals surface area (Å²) in [6.45, 7) is 10.5. The van der Waals surface area contributed by atoms with Gasteiger partial charge in [0.05, 0.1) is 12.7 Å². The highest BCUT2D eigenvalue weighted by Crippen LogP contribution is 2.18. The highest BCUT2D eigenvalue weighted by molar-refractivity contribution is 5.80. The summed E-state index contributed by atoms with van der Waals surface area (Å²) in [6, 6.07) is 11.4. The van der Waals surface area contributed by atoms with Crippen LogP contribution in [0.15, 0.2) is 47.7 Å². The monoisotopic (exact) mass is 368 g/mol. The van der Waals surface area contributed by atoms with Crippen molar-refractivity contribution in [3.63, 3.8) is 0 Å². The van der Waals surface area contributed by atoms with E-state index in [1.807, 2.05) is 24.0 Å². The molecule has 1 aromatic heterocycles. The summed E-state index contributed by atoms with van der Waals surface area (Å²) >= 11 is 0. The van der Waals surface area contributed by atoms with Crippen LogP contribution in [0.2, 0.25) is 0 Å². The zero-order valence-electron chi connectivity index (χ0n) is 16.9. The fourth-order valence-electron chi connectivity index (χ4n) is 3.52. The molecule has 0 radical (unpaired) electrons. The molecule has 0 bridgehead atoms. The van der Waals surface area contributed by atoms with E-state index >= 15 is 0 Å². The lowest BCUT2D eigenvalue weighted by Crippen LogP contribution is -2.46. The minimum absolute atomic E-state index is 0.430. The van der Waals surface area contributed by atoms with E-state index in [9.17, 15) is 0 Å². The van der Waals surface area contributed by atoms with Crippen LogP contribution in [0.5, 0.6) is 0 Å². The van der Waals surface area contributed by atoms with E-state index in [0.29, 0.717) is 24.5 Å². The molecule has 0 saturated carbocycles. The molecule has 146 valence electrons. The molecule has 0 aliphatic carbocycles. The SMILES string of the molecule is CN=C(NCc1cnn(Cc2ccccc2)c1)NC1CN(C(C)C)CC1C. The van der Waals surface area contributed by atoms with Crippen LogP contribution >= 0.6 is 0 Å². The molecule has 6 nitrogen and oxygen atoms in total. The number of nitrogens with one attached hydrogen (secondary N) is 2.